The van der Waals surface area contributed by atoms with Gasteiger partial charge < -0.3 is 9.57 Å². The smallest absolute Gasteiger partial charge is 0.327 e. The van der Waals surface area contributed by atoms with Gasteiger partial charge in [0.05, 0.1) is 6.20 Å². The summed E-state index contributed by atoms with van der Waals surface area (Å²) in [6, 6.07) is 1.43. The highest BCUT2D eigenvalue weighted by Crippen LogP contribution is 2.25. The molecule has 5 nitrogen and oxygen atoms in total. The predicted octanol–water partition coefficient (Wildman–Crippen LogP) is 1.90. The molecule has 0 aliphatic carbocycles. The van der Waals surface area contributed by atoms with Gasteiger partial charge in [0, 0.05) is 24.4 Å². The first-order valence-electron chi connectivity index (χ1n) is 6.37. The Morgan fingerprint density at radius 1 is 1.53 bits per heavy atom. The number of hydrogen-bond acceptors (Lipinski definition) is 5. The molecule has 1 saturated heterocycles. The highest BCUT2D eigenvalue weighted by atomic mass is 16.7. The number of carbonyl (C=O) groups is 1. The number of hydrogen-bond donors (Lipinski definition) is 0. The molecule has 2 rings (SSSR count). The molecule has 0 aromatic carbocycles. The maximum Gasteiger partial charge on any atom is 0.327 e. The van der Waals surface area contributed by atoms with Gasteiger partial charge in [0.25, 0.3) is 0 Å². The lowest BCUT2D eigenvalue weighted by Crippen LogP contribution is -2.55. The molecule has 19 heavy (non-hydrogen) atoms. The third-order valence-electron chi connectivity index (χ3n) is 2.77. The van der Waals surface area contributed by atoms with Crippen LogP contribution in [-0.2, 0) is 9.53 Å². The number of nitrogens with zero attached hydrogens (tertiary/aromatic N) is 2. The quantitative estimate of drug-likeness (QED) is 0.780. The van der Waals surface area contributed by atoms with Crippen molar-refractivity contribution in [2.45, 2.75) is 45.8 Å². The van der Waals surface area contributed by atoms with Crippen molar-refractivity contribution in [3.05, 3.63) is 24.0 Å². The molecule has 1 aliphatic heterocycles. The molecule has 103 valence electrons. The van der Waals surface area contributed by atoms with Crippen molar-refractivity contribution in [3.8, 4) is 5.75 Å². The first kappa shape index (κ1) is 13.8. The highest BCUT2D eigenvalue weighted by molar-refractivity contribution is 5.77. The number of carbonyl (C=O) groups excluding carboxylic acids is 1. The average Bonchev–Trinajstić information content (AvgIpc) is 2.23. The second-order valence-corrected chi connectivity index (χ2v) is 5.62. The molecule has 0 N–H and O–H groups in total. The molecular weight excluding hydrogens is 244 g/mol. The molecule has 5 heteroatoms. The molecule has 1 fully saturated rings. The third kappa shape index (κ3) is 3.44. The Balaban J connectivity index is 1.96. The van der Waals surface area contributed by atoms with E-state index in [1.165, 1.54) is 0 Å². The summed E-state index contributed by atoms with van der Waals surface area (Å²) in [7, 11) is 0. The minimum absolute atomic E-state index is 0.241. The topological polar surface area (TPSA) is 51.7 Å². The molecule has 1 radical (unpaired) electrons. The van der Waals surface area contributed by atoms with Gasteiger partial charge in [-0.2, -0.15) is 0 Å². The summed E-state index contributed by atoms with van der Waals surface area (Å²) < 4.78 is 5.36. The fourth-order valence-electron chi connectivity index (χ4n) is 1.72. The number of aryl methyl sites for hydroxylation is 1. The Morgan fingerprint density at radius 3 is 2.79 bits per heavy atom. The molecule has 1 unspecified atom stereocenters. The Hall–Kier alpha value is -1.62. The second-order valence-electron chi connectivity index (χ2n) is 5.62. The lowest BCUT2D eigenvalue weighted by Gasteiger charge is -2.38. The monoisotopic (exact) mass is 263 g/mol. The van der Waals surface area contributed by atoms with Crippen LogP contribution in [0.3, 0.4) is 0 Å². The van der Waals surface area contributed by atoms with Crippen LogP contribution in [-0.4, -0.2) is 34.2 Å². The SMILES string of the molecule is Cc1[c]nccc1ON1CCC1C(=O)OC(C)(C)C. The van der Waals surface area contributed by atoms with Crippen molar-refractivity contribution < 1.29 is 14.4 Å². The fraction of sp³-hybridized carbons (Fsp3) is 0.571. The average molecular weight is 263 g/mol. The maximum absolute atomic E-state index is 12.0. The Kier molecular flexibility index (Phi) is 3.75. The lowest BCUT2D eigenvalue weighted by atomic mass is 10.1. The van der Waals surface area contributed by atoms with Crippen molar-refractivity contribution in [1.82, 2.24) is 10.0 Å². The molecule has 2 heterocycles. The van der Waals surface area contributed by atoms with Crippen LogP contribution in [0.1, 0.15) is 32.8 Å². The van der Waals surface area contributed by atoms with Gasteiger partial charge in [-0.3, -0.25) is 9.78 Å². The normalized spacial score (nSPS) is 19.7. The van der Waals surface area contributed by atoms with E-state index in [0.29, 0.717) is 12.3 Å². The first-order chi connectivity index (χ1) is 8.87. The minimum atomic E-state index is -0.474. The Bertz CT molecular complexity index is 468. The number of hydroxylamine groups is 2. The van der Waals surface area contributed by atoms with Crippen LogP contribution in [0.25, 0.3) is 0 Å². The summed E-state index contributed by atoms with van der Waals surface area (Å²) >= 11 is 0. The Morgan fingerprint density at radius 2 is 2.26 bits per heavy atom. The highest BCUT2D eigenvalue weighted by Gasteiger charge is 2.39. The summed E-state index contributed by atoms with van der Waals surface area (Å²) in [5.74, 6) is 0.428. The van der Waals surface area contributed by atoms with Gasteiger partial charge >= 0.3 is 5.97 Å². The molecule has 1 atom stereocenters. The molecular formula is C14H19N2O3. The van der Waals surface area contributed by atoms with Crippen LogP contribution in [0.15, 0.2) is 12.3 Å². The van der Waals surface area contributed by atoms with Crippen molar-refractivity contribution >= 4 is 5.97 Å². The first-order valence-corrected chi connectivity index (χ1v) is 6.37. The van der Waals surface area contributed by atoms with Crippen LogP contribution in [0.4, 0.5) is 0 Å². The minimum Gasteiger partial charge on any atom is -0.459 e. The van der Waals surface area contributed by atoms with Gasteiger partial charge in [0.1, 0.15) is 11.6 Å². The predicted molar refractivity (Wildman–Crippen MR) is 69.4 cm³/mol. The van der Waals surface area contributed by atoms with Gasteiger partial charge in [-0.05, 0) is 34.1 Å². The standard InChI is InChI=1S/C14H19N2O3/c1-10-9-15-7-5-12(10)19-16-8-6-11(16)13(17)18-14(2,3)4/h5,7,11H,6,8H2,1-4H3. The number of pyridine rings is 1. The van der Waals surface area contributed by atoms with Crippen molar-refractivity contribution in [1.29, 1.82) is 0 Å². The van der Waals surface area contributed by atoms with Gasteiger partial charge in [-0.1, -0.05) is 0 Å². The molecule has 0 saturated carbocycles. The van der Waals surface area contributed by atoms with E-state index in [0.717, 1.165) is 12.0 Å². The molecule has 1 aliphatic rings. The largest absolute Gasteiger partial charge is 0.459 e. The molecule has 1 aromatic heterocycles. The van der Waals surface area contributed by atoms with E-state index in [9.17, 15) is 4.79 Å². The van der Waals surface area contributed by atoms with Crippen molar-refractivity contribution in [2.24, 2.45) is 0 Å². The number of esters is 1. The zero-order valence-corrected chi connectivity index (χ0v) is 11.8. The Labute approximate surface area is 113 Å². The molecule has 0 spiro atoms. The zero-order chi connectivity index (χ0) is 14.0. The van der Waals surface area contributed by atoms with Gasteiger partial charge in [-0.15, -0.1) is 5.06 Å². The molecule has 0 amide bonds. The van der Waals surface area contributed by atoms with Crippen LogP contribution in [0.5, 0.6) is 5.75 Å². The van der Waals surface area contributed by atoms with Crippen molar-refractivity contribution in [3.63, 3.8) is 0 Å². The summed E-state index contributed by atoms with van der Waals surface area (Å²) in [6.45, 7) is 8.15. The van der Waals surface area contributed by atoms with E-state index in [2.05, 4.69) is 11.2 Å². The molecule has 1 aromatic rings. The van der Waals surface area contributed by atoms with Gasteiger partial charge in [-0.25, -0.2) is 0 Å². The third-order valence-corrected chi connectivity index (χ3v) is 2.77. The zero-order valence-electron chi connectivity index (χ0n) is 11.8. The summed E-state index contributed by atoms with van der Waals surface area (Å²) in [6.07, 6.45) is 5.19. The van der Waals surface area contributed by atoms with E-state index in [1.807, 2.05) is 27.7 Å². The van der Waals surface area contributed by atoms with Gasteiger partial charge in [0.15, 0.2) is 5.75 Å². The fourth-order valence-corrected chi connectivity index (χ4v) is 1.72. The summed E-state index contributed by atoms with van der Waals surface area (Å²) in [5.41, 5.74) is 0.343. The van der Waals surface area contributed by atoms with E-state index in [4.69, 9.17) is 9.57 Å². The van der Waals surface area contributed by atoms with Crippen LogP contribution in [0.2, 0.25) is 0 Å². The number of rotatable bonds is 3. The lowest BCUT2D eigenvalue weighted by molar-refractivity contribution is -0.197. The number of aromatic nitrogens is 1. The van der Waals surface area contributed by atoms with Gasteiger partial charge in [0.2, 0.25) is 0 Å². The summed E-state index contributed by atoms with van der Waals surface area (Å²) in [5, 5.41) is 1.64. The van der Waals surface area contributed by atoms with E-state index >= 15 is 0 Å². The second kappa shape index (κ2) is 5.17. The van der Waals surface area contributed by atoms with Crippen LogP contribution in [0, 0.1) is 13.1 Å². The van der Waals surface area contributed by atoms with Crippen LogP contribution >= 0.6 is 0 Å². The van der Waals surface area contributed by atoms with Crippen LogP contribution < -0.4 is 4.84 Å². The number of ether oxygens (including phenoxy) is 1. The van der Waals surface area contributed by atoms with E-state index < -0.39 is 5.60 Å². The summed E-state index contributed by atoms with van der Waals surface area (Å²) in [4.78, 5) is 21.5. The van der Waals surface area contributed by atoms with Crippen molar-refractivity contribution in [2.75, 3.05) is 6.54 Å². The molecule has 0 bridgehead atoms. The maximum atomic E-state index is 12.0. The van der Waals surface area contributed by atoms with E-state index in [-0.39, 0.29) is 12.0 Å². The van der Waals surface area contributed by atoms with E-state index in [1.54, 1.807) is 17.3 Å².